The number of benzene rings is 2. The number of imide groups is 1. The van der Waals surface area contributed by atoms with Crippen molar-refractivity contribution in [3.05, 3.63) is 75.4 Å². The van der Waals surface area contributed by atoms with Crippen molar-refractivity contribution in [2.75, 3.05) is 13.1 Å². The van der Waals surface area contributed by atoms with Gasteiger partial charge in [0.2, 0.25) is 0 Å². The molecule has 2 aromatic carbocycles. The van der Waals surface area contributed by atoms with Gasteiger partial charge < -0.3 is 4.90 Å². The normalized spacial score (nSPS) is 17.5. The summed E-state index contributed by atoms with van der Waals surface area (Å²) in [5.74, 6) is -0.403. The van der Waals surface area contributed by atoms with Crippen molar-refractivity contribution < 1.29 is 9.59 Å². The molecule has 2 heterocycles. The highest BCUT2D eigenvalue weighted by Crippen LogP contribution is 2.35. The Labute approximate surface area is 176 Å². The number of likely N-dealkylation sites (tertiary alicyclic amines) is 1. The fraction of sp³-hybridized carbons (Fsp3) is 0.333. The average molecular weight is 409 g/mol. The zero-order chi connectivity index (χ0) is 20.5. The first-order valence-electron chi connectivity index (χ1n) is 10.1. The number of hydrogen-bond donors (Lipinski definition) is 0. The number of halogens is 1. The van der Waals surface area contributed by atoms with Crippen molar-refractivity contribution >= 4 is 29.0 Å². The molecule has 2 amide bonds. The second kappa shape index (κ2) is 8.03. The van der Waals surface area contributed by atoms with Crippen molar-refractivity contribution in [3.63, 3.8) is 0 Å². The van der Waals surface area contributed by atoms with Crippen LogP contribution in [0.1, 0.15) is 41.5 Å². The molecule has 150 valence electrons. The number of nitrogens with zero attached hydrogens (tertiary/aromatic N) is 2. The Balaban J connectivity index is 1.76. The van der Waals surface area contributed by atoms with Crippen molar-refractivity contribution in [1.82, 2.24) is 9.80 Å². The summed E-state index contributed by atoms with van der Waals surface area (Å²) in [4.78, 5) is 30.4. The molecule has 1 fully saturated rings. The number of hydrogen-bond acceptors (Lipinski definition) is 3. The van der Waals surface area contributed by atoms with E-state index < -0.39 is 0 Å². The standard InChI is InChI=1S/C24H25ClN2O2/c1-16-6-11-20(17(2)14-16)21-22(26-12-4-3-5-13-26)24(29)27(23(21)28)15-18-7-9-19(25)10-8-18/h6-11,14H,3-5,12-13,15H2,1-2H3. The molecule has 0 spiro atoms. The van der Waals surface area contributed by atoms with E-state index in [1.807, 2.05) is 38.1 Å². The van der Waals surface area contributed by atoms with E-state index in [4.69, 9.17) is 11.6 Å². The lowest BCUT2D eigenvalue weighted by molar-refractivity contribution is -0.138. The lowest BCUT2D eigenvalue weighted by Crippen LogP contribution is -2.36. The molecule has 0 aliphatic carbocycles. The van der Waals surface area contributed by atoms with Crippen LogP contribution in [0.15, 0.2) is 48.2 Å². The summed E-state index contributed by atoms with van der Waals surface area (Å²) in [6, 6.07) is 13.3. The Morgan fingerprint density at radius 2 is 1.59 bits per heavy atom. The fourth-order valence-electron chi connectivity index (χ4n) is 4.23. The second-order valence-corrected chi connectivity index (χ2v) is 8.35. The SMILES string of the molecule is Cc1ccc(C2=C(N3CCCCC3)C(=O)N(Cc3ccc(Cl)cc3)C2=O)c(C)c1. The third kappa shape index (κ3) is 3.82. The van der Waals surface area contributed by atoms with Crippen molar-refractivity contribution in [2.24, 2.45) is 0 Å². The van der Waals surface area contributed by atoms with E-state index in [2.05, 4.69) is 11.0 Å². The van der Waals surface area contributed by atoms with Gasteiger partial charge in [-0.1, -0.05) is 47.5 Å². The Hall–Kier alpha value is -2.59. The summed E-state index contributed by atoms with van der Waals surface area (Å²) >= 11 is 5.98. The lowest BCUT2D eigenvalue weighted by atomic mass is 9.97. The van der Waals surface area contributed by atoms with Crippen LogP contribution in [0.2, 0.25) is 5.02 Å². The molecule has 0 saturated carbocycles. The molecule has 4 nitrogen and oxygen atoms in total. The van der Waals surface area contributed by atoms with Crippen LogP contribution in [0.5, 0.6) is 0 Å². The van der Waals surface area contributed by atoms with Crippen LogP contribution in [0.25, 0.3) is 5.57 Å². The van der Waals surface area contributed by atoms with Gasteiger partial charge in [0.25, 0.3) is 11.8 Å². The number of aryl methyl sites for hydroxylation is 2. The van der Waals surface area contributed by atoms with Gasteiger partial charge >= 0.3 is 0 Å². The van der Waals surface area contributed by atoms with Gasteiger partial charge in [-0.15, -0.1) is 0 Å². The van der Waals surface area contributed by atoms with Crippen LogP contribution in [0.4, 0.5) is 0 Å². The second-order valence-electron chi connectivity index (χ2n) is 7.91. The molecule has 2 aliphatic rings. The summed E-state index contributed by atoms with van der Waals surface area (Å²) < 4.78 is 0. The maximum absolute atomic E-state index is 13.5. The lowest BCUT2D eigenvalue weighted by Gasteiger charge is -2.29. The summed E-state index contributed by atoms with van der Waals surface area (Å²) in [5, 5.41) is 0.635. The summed E-state index contributed by atoms with van der Waals surface area (Å²) in [6.07, 6.45) is 3.25. The van der Waals surface area contributed by atoms with E-state index >= 15 is 0 Å². The van der Waals surface area contributed by atoms with E-state index in [0.717, 1.165) is 48.2 Å². The van der Waals surface area contributed by atoms with E-state index in [1.165, 1.54) is 11.3 Å². The quantitative estimate of drug-likeness (QED) is 0.687. The minimum atomic E-state index is -0.211. The van der Waals surface area contributed by atoms with Gasteiger partial charge in [-0.05, 0) is 61.9 Å². The summed E-state index contributed by atoms with van der Waals surface area (Å²) in [7, 11) is 0. The highest BCUT2D eigenvalue weighted by atomic mass is 35.5. The molecule has 2 aromatic rings. The summed E-state index contributed by atoms with van der Waals surface area (Å²) in [5.41, 5.74) is 5.01. The predicted molar refractivity (Wildman–Crippen MR) is 115 cm³/mol. The molecule has 0 bridgehead atoms. The van der Waals surface area contributed by atoms with Crippen LogP contribution in [-0.4, -0.2) is 34.7 Å². The number of piperidine rings is 1. The number of carbonyl (C=O) groups excluding carboxylic acids is 2. The highest BCUT2D eigenvalue weighted by molar-refractivity contribution is 6.35. The van der Waals surface area contributed by atoms with Crippen LogP contribution < -0.4 is 0 Å². The van der Waals surface area contributed by atoms with E-state index in [0.29, 0.717) is 16.3 Å². The molecule has 0 radical (unpaired) electrons. The molecule has 4 rings (SSSR count). The number of amides is 2. The third-order valence-corrected chi connectivity index (χ3v) is 5.97. The van der Waals surface area contributed by atoms with Crippen molar-refractivity contribution in [1.29, 1.82) is 0 Å². The van der Waals surface area contributed by atoms with E-state index in [9.17, 15) is 9.59 Å². The number of carbonyl (C=O) groups is 2. The maximum Gasteiger partial charge on any atom is 0.278 e. The van der Waals surface area contributed by atoms with Gasteiger partial charge in [0.05, 0.1) is 12.1 Å². The van der Waals surface area contributed by atoms with Gasteiger partial charge in [0.15, 0.2) is 0 Å². The Morgan fingerprint density at radius 3 is 2.24 bits per heavy atom. The maximum atomic E-state index is 13.5. The van der Waals surface area contributed by atoms with E-state index in [1.54, 1.807) is 12.1 Å². The molecule has 0 unspecified atom stereocenters. The molecular weight excluding hydrogens is 384 g/mol. The smallest absolute Gasteiger partial charge is 0.278 e. The van der Waals surface area contributed by atoms with Crippen LogP contribution in [0, 0.1) is 13.8 Å². The molecule has 29 heavy (non-hydrogen) atoms. The zero-order valence-electron chi connectivity index (χ0n) is 16.9. The third-order valence-electron chi connectivity index (χ3n) is 5.72. The van der Waals surface area contributed by atoms with Crippen molar-refractivity contribution in [3.8, 4) is 0 Å². The first-order valence-corrected chi connectivity index (χ1v) is 10.5. The van der Waals surface area contributed by atoms with Gasteiger partial charge in [-0.25, -0.2) is 0 Å². The monoisotopic (exact) mass is 408 g/mol. The molecule has 2 aliphatic heterocycles. The first kappa shape index (κ1) is 19.7. The Kier molecular flexibility index (Phi) is 5.46. The summed E-state index contributed by atoms with van der Waals surface area (Å²) in [6.45, 7) is 5.92. The molecular formula is C24H25ClN2O2. The minimum absolute atomic E-state index is 0.193. The Morgan fingerprint density at radius 1 is 0.897 bits per heavy atom. The van der Waals surface area contributed by atoms with Gasteiger partial charge in [0, 0.05) is 18.1 Å². The Bertz CT molecular complexity index is 988. The minimum Gasteiger partial charge on any atom is -0.366 e. The average Bonchev–Trinajstić information content (AvgIpc) is 2.95. The number of rotatable bonds is 4. The molecule has 0 aromatic heterocycles. The van der Waals surface area contributed by atoms with Crippen LogP contribution in [-0.2, 0) is 16.1 Å². The molecule has 5 heteroatoms. The fourth-order valence-corrected chi connectivity index (χ4v) is 4.35. The van der Waals surface area contributed by atoms with E-state index in [-0.39, 0.29) is 18.4 Å². The highest BCUT2D eigenvalue weighted by Gasteiger charge is 2.42. The largest absolute Gasteiger partial charge is 0.366 e. The first-order chi connectivity index (χ1) is 14.0. The van der Waals surface area contributed by atoms with Gasteiger partial charge in [-0.3, -0.25) is 14.5 Å². The topological polar surface area (TPSA) is 40.6 Å². The predicted octanol–water partition coefficient (Wildman–Crippen LogP) is 4.72. The van der Waals surface area contributed by atoms with Gasteiger partial charge in [-0.2, -0.15) is 0 Å². The van der Waals surface area contributed by atoms with Crippen LogP contribution >= 0.6 is 11.6 Å². The van der Waals surface area contributed by atoms with Crippen molar-refractivity contribution in [2.45, 2.75) is 39.7 Å². The zero-order valence-corrected chi connectivity index (χ0v) is 17.6. The van der Waals surface area contributed by atoms with Crippen LogP contribution in [0.3, 0.4) is 0 Å². The molecule has 0 atom stereocenters. The van der Waals surface area contributed by atoms with Gasteiger partial charge in [0.1, 0.15) is 5.70 Å². The molecule has 1 saturated heterocycles. The molecule has 0 N–H and O–H groups in total.